The van der Waals surface area contributed by atoms with Gasteiger partial charge in [0.15, 0.2) is 5.03 Å². The van der Waals surface area contributed by atoms with Gasteiger partial charge in [-0.05, 0) is 19.1 Å². The fourth-order valence-corrected chi connectivity index (χ4v) is 3.90. The van der Waals surface area contributed by atoms with Gasteiger partial charge in [-0.1, -0.05) is 11.6 Å². The van der Waals surface area contributed by atoms with Crippen molar-refractivity contribution in [3.8, 4) is 0 Å². The molecule has 0 bridgehead atoms. The molecule has 2 rings (SSSR count). The van der Waals surface area contributed by atoms with Gasteiger partial charge in [0.2, 0.25) is 0 Å². The van der Waals surface area contributed by atoms with Crippen LogP contribution in [0.5, 0.6) is 0 Å². The molecular weight excluding hydrogens is 308 g/mol. The van der Waals surface area contributed by atoms with Gasteiger partial charge in [0.25, 0.3) is 10.0 Å². The molecule has 19 heavy (non-hydrogen) atoms. The number of sulfonamides is 1. The number of thiophene rings is 1. The van der Waals surface area contributed by atoms with Crippen LogP contribution in [0, 0.1) is 6.92 Å². The molecule has 4 N–H and O–H groups in total. The first-order valence-electron chi connectivity index (χ1n) is 5.42. The van der Waals surface area contributed by atoms with Gasteiger partial charge >= 0.3 is 0 Å². The summed E-state index contributed by atoms with van der Waals surface area (Å²) in [6.45, 7) is 2.02. The van der Waals surface area contributed by atoms with E-state index in [0.717, 1.165) is 4.88 Å². The predicted molar refractivity (Wildman–Crippen MR) is 74.6 cm³/mol. The number of hydrogen-bond acceptors (Lipinski definition) is 5. The Morgan fingerprint density at radius 3 is 2.84 bits per heavy atom. The third-order valence-corrected chi connectivity index (χ3v) is 5.16. The lowest BCUT2D eigenvalue weighted by molar-refractivity contribution is 0.576. The zero-order valence-electron chi connectivity index (χ0n) is 10.1. The fraction of sp³-hybridized carbons (Fsp3) is 0.300. The molecule has 0 aliphatic rings. The quantitative estimate of drug-likeness (QED) is 0.774. The van der Waals surface area contributed by atoms with Crippen molar-refractivity contribution in [3.63, 3.8) is 0 Å². The zero-order valence-corrected chi connectivity index (χ0v) is 12.5. The fourth-order valence-electron chi connectivity index (χ4n) is 1.57. The maximum absolute atomic E-state index is 12.1. The summed E-state index contributed by atoms with van der Waals surface area (Å²) in [4.78, 5) is 0.829. The van der Waals surface area contributed by atoms with Gasteiger partial charge in [0.1, 0.15) is 0 Å². The van der Waals surface area contributed by atoms with E-state index in [0.29, 0.717) is 15.6 Å². The number of aromatic amines is 1. The zero-order chi connectivity index (χ0) is 14.0. The first-order chi connectivity index (χ1) is 8.94. The minimum absolute atomic E-state index is 0.0462. The Morgan fingerprint density at radius 1 is 1.53 bits per heavy atom. The van der Waals surface area contributed by atoms with E-state index in [1.807, 2.05) is 0 Å². The third-order valence-electron chi connectivity index (χ3n) is 2.56. The molecule has 9 heteroatoms. The van der Waals surface area contributed by atoms with Crippen LogP contribution in [0.25, 0.3) is 0 Å². The predicted octanol–water partition coefficient (Wildman–Crippen LogP) is 1.37. The summed E-state index contributed by atoms with van der Waals surface area (Å²) < 4.78 is 27.4. The van der Waals surface area contributed by atoms with Crippen LogP contribution in [0.3, 0.4) is 0 Å². The molecule has 0 aliphatic heterocycles. The SMILES string of the molecule is Cc1[nH]nc(S(=O)(=O)NCc2ccc(Cl)s2)c1CN. The Kier molecular flexibility index (Phi) is 4.26. The van der Waals surface area contributed by atoms with Crippen molar-refractivity contribution in [1.82, 2.24) is 14.9 Å². The molecule has 0 unspecified atom stereocenters. The summed E-state index contributed by atoms with van der Waals surface area (Å²) in [5.41, 5.74) is 6.69. The molecule has 0 saturated heterocycles. The van der Waals surface area contributed by atoms with E-state index in [2.05, 4.69) is 14.9 Å². The van der Waals surface area contributed by atoms with E-state index in [1.54, 1.807) is 19.1 Å². The van der Waals surface area contributed by atoms with Crippen molar-refractivity contribution in [1.29, 1.82) is 0 Å². The number of nitrogens with two attached hydrogens (primary N) is 1. The van der Waals surface area contributed by atoms with Gasteiger partial charge in [-0.25, -0.2) is 13.1 Å². The first kappa shape index (κ1) is 14.5. The second kappa shape index (κ2) is 5.59. The largest absolute Gasteiger partial charge is 0.326 e. The van der Waals surface area contributed by atoms with E-state index >= 15 is 0 Å². The van der Waals surface area contributed by atoms with Crippen LogP contribution in [-0.4, -0.2) is 18.6 Å². The van der Waals surface area contributed by atoms with Crippen LogP contribution >= 0.6 is 22.9 Å². The number of nitrogens with zero attached hydrogens (tertiary/aromatic N) is 1. The molecule has 0 aromatic carbocycles. The van der Waals surface area contributed by atoms with Crippen LogP contribution in [-0.2, 0) is 23.1 Å². The summed E-state index contributed by atoms with van der Waals surface area (Å²) >= 11 is 7.11. The summed E-state index contributed by atoms with van der Waals surface area (Å²) in [6, 6.07) is 3.50. The maximum Gasteiger partial charge on any atom is 0.260 e. The van der Waals surface area contributed by atoms with Gasteiger partial charge < -0.3 is 5.73 Å². The summed E-state index contributed by atoms with van der Waals surface area (Å²) in [7, 11) is -3.68. The first-order valence-corrected chi connectivity index (χ1v) is 8.09. The van der Waals surface area contributed by atoms with Crippen molar-refractivity contribution in [2.75, 3.05) is 0 Å². The molecule has 0 radical (unpaired) electrons. The molecule has 0 saturated carbocycles. The van der Waals surface area contributed by atoms with E-state index in [9.17, 15) is 8.42 Å². The highest BCUT2D eigenvalue weighted by Gasteiger charge is 2.22. The van der Waals surface area contributed by atoms with Crippen molar-refractivity contribution in [3.05, 3.63) is 32.6 Å². The lowest BCUT2D eigenvalue weighted by Gasteiger charge is -2.04. The molecule has 0 amide bonds. The van der Waals surface area contributed by atoms with Crippen molar-refractivity contribution in [2.45, 2.75) is 25.0 Å². The molecule has 6 nitrogen and oxygen atoms in total. The van der Waals surface area contributed by atoms with Crippen LogP contribution in [0.2, 0.25) is 4.34 Å². The smallest absolute Gasteiger partial charge is 0.260 e. The Bertz CT molecular complexity index is 678. The highest BCUT2D eigenvalue weighted by molar-refractivity contribution is 7.89. The Balaban J connectivity index is 2.18. The number of H-pyrrole nitrogens is 1. The monoisotopic (exact) mass is 320 g/mol. The average Bonchev–Trinajstić information content (AvgIpc) is 2.93. The van der Waals surface area contributed by atoms with Crippen LogP contribution < -0.4 is 10.5 Å². The second-order valence-corrected chi connectivity index (χ2v) is 7.35. The highest BCUT2D eigenvalue weighted by atomic mass is 35.5. The molecule has 2 aromatic heterocycles. The normalized spacial score (nSPS) is 11.9. The molecule has 2 heterocycles. The summed E-state index contributed by atoms with van der Waals surface area (Å²) in [5.74, 6) is 0. The van der Waals surface area contributed by atoms with Crippen molar-refractivity contribution >= 4 is 33.0 Å². The molecule has 0 atom stereocenters. The Hall–Kier alpha value is -0.930. The molecule has 2 aromatic rings. The molecule has 0 spiro atoms. The van der Waals surface area contributed by atoms with Crippen molar-refractivity contribution in [2.24, 2.45) is 5.73 Å². The average molecular weight is 321 g/mol. The van der Waals surface area contributed by atoms with Crippen LogP contribution in [0.4, 0.5) is 0 Å². The van der Waals surface area contributed by atoms with Gasteiger partial charge in [-0.3, -0.25) is 5.10 Å². The number of rotatable bonds is 5. The summed E-state index contributed by atoms with van der Waals surface area (Å²) in [6.07, 6.45) is 0. The maximum atomic E-state index is 12.1. The van der Waals surface area contributed by atoms with Crippen LogP contribution in [0.1, 0.15) is 16.1 Å². The second-order valence-electron chi connectivity index (χ2n) is 3.87. The van der Waals surface area contributed by atoms with Gasteiger partial charge in [0.05, 0.1) is 4.34 Å². The lowest BCUT2D eigenvalue weighted by Crippen LogP contribution is -2.24. The van der Waals surface area contributed by atoms with E-state index in [4.69, 9.17) is 17.3 Å². The van der Waals surface area contributed by atoms with Gasteiger partial charge in [-0.15, -0.1) is 11.3 Å². The van der Waals surface area contributed by atoms with Gasteiger partial charge in [0, 0.05) is 29.2 Å². The Morgan fingerprint density at radius 2 is 2.26 bits per heavy atom. The Labute approximate surface area is 120 Å². The standard InChI is InChI=1S/C10H13ClN4O2S2/c1-6-8(4-12)10(15-14-6)19(16,17)13-5-7-2-3-9(11)18-7/h2-3,13H,4-5,12H2,1H3,(H,14,15). The molecule has 0 aliphatic carbocycles. The molecular formula is C10H13ClN4O2S2. The van der Waals surface area contributed by atoms with Gasteiger partial charge in [-0.2, -0.15) is 5.10 Å². The highest BCUT2D eigenvalue weighted by Crippen LogP contribution is 2.22. The molecule has 104 valence electrons. The topological polar surface area (TPSA) is 101 Å². The van der Waals surface area contributed by atoms with Crippen molar-refractivity contribution < 1.29 is 8.42 Å². The number of aryl methyl sites for hydroxylation is 1. The third kappa shape index (κ3) is 3.15. The van der Waals surface area contributed by atoms with Crippen LogP contribution in [0.15, 0.2) is 17.2 Å². The lowest BCUT2D eigenvalue weighted by atomic mass is 10.3. The van der Waals surface area contributed by atoms with E-state index in [1.165, 1.54) is 11.3 Å². The van der Waals surface area contributed by atoms with E-state index in [-0.39, 0.29) is 18.1 Å². The number of aromatic nitrogens is 2. The number of hydrogen-bond donors (Lipinski definition) is 3. The minimum atomic E-state index is -3.68. The minimum Gasteiger partial charge on any atom is -0.326 e. The summed E-state index contributed by atoms with van der Waals surface area (Å²) in [5, 5.41) is 6.38. The molecule has 0 fully saturated rings. The van der Waals surface area contributed by atoms with E-state index < -0.39 is 10.0 Å². The number of nitrogens with one attached hydrogen (secondary N) is 2. The number of halogens is 1.